The van der Waals surface area contributed by atoms with Gasteiger partial charge in [-0.2, -0.15) is 11.8 Å². The lowest BCUT2D eigenvalue weighted by molar-refractivity contribution is -0.122. The van der Waals surface area contributed by atoms with Crippen LogP contribution >= 0.6 is 40.1 Å². The van der Waals surface area contributed by atoms with Gasteiger partial charge in [-0.1, -0.05) is 15.9 Å². The fourth-order valence-corrected chi connectivity index (χ4v) is 2.47. The number of nitrogens with two attached hydrogens (primary N) is 1. The van der Waals surface area contributed by atoms with Gasteiger partial charge in [-0.25, -0.2) is 0 Å². The second kappa shape index (κ2) is 10.3. The van der Waals surface area contributed by atoms with E-state index >= 15 is 0 Å². The summed E-state index contributed by atoms with van der Waals surface area (Å²) in [4.78, 5) is 11.8. The highest BCUT2D eigenvalue weighted by Gasteiger charge is 2.13. The molecule has 3 N–H and O–H groups in total. The van der Waals surface area contributed by atoms with Crippen LogP contribution in [0.2, 0.25) is 0 Å². The van der Waals surface area contributed by atoms with Gasteiger partial charge in [0.15, 0.2) is 0 Å². The van der Waals surface area contributed by atoms with Gasteiger partial charge in [0.25, 0.3) is 0 Å². The number of benzene rings is 1. The van der Waals surface area contributed by atoms with Crippen molar-refractivity contribution in [1.82, 2.24) is 5.32 Å². The van der Waals surface area contributed by atoms with E-state index in [9.17, 15) is 4.79 Å². The fourth-order valence-electron chi connectivity index (χ4n) is 1.57. The number of carbonyl (C=O) groups is 1. The quantitative estimate of drug-likeness (QED) is 0.759. The van der Waals surface area contributed by atoms with Crippen molar-refractivity contribution >= 4 is 46.0 Å². The van der Waals surface area contributed by atoms with Crippen molar-refractivity contribution < 1.29 is 9.53 Å². The minimum Gasteiger partial charge on any atom is -0.496 e. The highest BCUT2D eigenvalue weighted by molar-refractivity contribution is 9.10. The van der Waals surface area contributed by atoms with Gasteiger partial charge in [0, 0.05) is 16.6 Å². The average Bonchev–Trinajstić information content (AvgIpc) is 2.42. The van der Waals surface area contributed by atoms with Crippen molar-refractivity contribution in [3.05, 3.63) is 28.2 Å². The van der Waals surface area contributed by atoms with Crippen LogP contribution in [-0.4, -0.2) is 31.1 Å². The topological polar surface area (TPSA) is 64.3 Å². The Morgan fingerprint density at radius 3 is 2.85 bits per heavy atom. The van der Waals surface area contributed by atoms with E-state index in [1.807, 2.05) is 24.5 Å². The molecule has 0 aliphatic rings. The Balaban J connectivity index is 0.00000361. The van der Waals surface area contributed by atoms with Crippen LogP contribution in [0.1, 0.15) is 12.0 Å². The van der Waals surface area contributed by atoms with Crippen molar-refractivity contribution in [2.75, 3.05) is 19.1 Å². The fraction of sp³-hybridized carbons (Fsp3) is 0.462. The Hall–Kier alpha value is -0.430. The average molecular weight is 384 g/mol. The molecule has 1 amide bonds. The van der Waals surface area contributed by atoms with Crippen LogP contribution < -0.4 is 15.8 Å². The zero-order chi connectivity index (χ0) is 14.3. The molecule has 0 saturated heterocycles. The molecule has 1 rings (SSSR count). The van der Waals surface area contributed by atoms with Crippen LogP contribution in [0.3, 0.4) is 0 Å². The van der Waals surface area contributed by atoms with E-state index in [-0.39, 0.29) is 18.3 Å². The van der Waals surface area contributed by atoms with Gasteiger partial charge in [0.05, 0.1) is 13.2 Å². The van der Waals surface area contributed by atoms with Crippen LogP contribution in [0.25, 0.3) is 0 Å². The van der Waals surface area contributed by atoms with Crippen molar-refractivity contribution in [2.24, 2.45) is 5.73 Å². The molecule has 0 radical (unpaired) electrons. The Labute approximate surface area is 138 Å². The molecule has 1 aromatic carbocycles. The maximum absolute atomic E-state index is 11.8. The molecule has 1 atom stereocenters. The van der Waals surface area contributed by atoms with Crippen molar-refractivity contribution in [2.45, 2.75) is 19.0 Å². The summed E-state index contributed by atoms with van der Waals surface area (Å²) in [5.41, 5.74) is 6.72. The molecule has 0 bridgehead atoms. The zero-order valence-corrected chi connectivity index (χ0v) is 14.7. The number of hydrogen-bond acceptors (Lipinski definition) is 4. The van der Waals surface area contributed by atoms with E-state index < -0.39 is 6.04 Å². The van der Waals surface area contributed by atoms with Crippen molar-refractivity contribution in [3.8, 4) is 5.75 Å². The number of rotatable bonds is 7. The molecular formula is C13H20BrClN2O2S. The second-order valence-corrected chi connectivity index (χ2v) is 5.96. The summed E-state index contributed by atoms with van der Waals surface area (Å²) >= 11 is 5.08. The lowest BCUT2D eigenvalue weighted by Gasteiger charge is -2.13. The molecule has 0 aromatic heterocycles. The van der Waals surface area contributed by atoms with Crippen molar-refractivity contribution in [1.29, 1.82) is 0 Å². The number of methoxy groups -OCH3 is 1. The molecule has 0 aliphatic carbocycles. The third-order valence-electron chi connectivity index (χ3n) is 2.67. The molecule has 4 nitrogen and oxygen atoms in total. The van der Waals surface area contributed by atoms with Gasteiger partial charge in [-0.15, -0.1) is 12.4 Å². The van der Waals surface area contributed by atoms with Gasteiger partial charge >= 0.3 is 0 Å². The molecule has 1 aromatic rings. The Morgan fingerprint density at radius 1 is 1.55 bits per heavy atom. The summed E-state index contributed by atoms with van der Waals surface area (Å²) in [6, 6.07) is 5.23. The number of thioether (sulfide) groups is 1. The molecule has 0 fully saturated rings. The van der Waals surface area contributed by atoms with Gasteiger partial charge < -0.3 is 15.8 Å². The molecule has 0 saturated carbocycles. The van der Waals surface area contributed by atoms with Gasteiger partial charge in [-0.3, -0.25) is 4.79 Å². The summed E-state index contributed by atoms with van der Waals surface area (Å²) in [5.74, 6) is 1.51. The minimum atomic E-state index is -0.453. The zero-order valence-electron chi connectivity index (χ0n) is 11.5. The molecule has 0 aliphatic heterocycles. The maximum Gasteiger partial charge on any atom is 0.237 e. The molecule has 114 valence electrons. The monoisotopic (exact) mass is 382 g/mol. The SMILES string of the molecule is COc1ccc(Br)cc1CNC(=O)[C@@H](N)CCSC.Cl. The van der Waals surface area contributed by atoms with Gasteiger partial charge in [0.1, 0.15) is 5.75 Å². The number of hydrogen-bond donors (Lipinski definition) is 2. The number of halogens is 2. The van der Waals surface area contributed by atoms with Crippen LogP contribution in [0.15, 0.2) is 22.7 Å². The summed E-state index contributed by atoms with van der Waals surface area (Å²) in [6.07, 6.45) is 2.68. The van der Waals surface area contributed by atoms with E-state index in [4.69, 9.17) is 10.5 Å². The van der Waals surface area contributed by atoms with E-state index in [1.165, 1.54) is 0 Å². The molecule has 0 unspecified atom stereocenters. The van der Waals surface area contributed by atoms with Crippen LogP contribution in [-0.2, 0) is 11.3 Å². The number of amides is 1. The summed E-state index contributed by atoms with van der Waals surface area (Å²) in [7, 11) is 1.61. The number of nitrogens with one attached hydrogen (secondary N) is 1. The Bertz CT molecular complexity index is 435. The number of ether oxygens (including phenoxy) is 1. The Morgan fingerprint density at radius 2 is 2.25 bits per heavy atom. The third kappa shape index (κ3) is 6.35. The highest BCUT2D eigenvalue weighted by Crippen LogP contribution is 2.22. The molecule has 0 heterocycles. The molecule has 7 heteroatoms. The predicted molar refractivity (Wildman–Crippen MR) is 90.8 cm³/mol. The lowest BCUT2D eigenvalue weighted by atomic mass is 10.2. The molecule has 20 heavy (non-hydrogen) atoms. The van der Waals surface area contributed by atoms with Gasteiger partial charge in [-0.05, 0) is 36.6 Å². The van der Waals surface area contributed by atoms with E-state index in [1.54, 1.807) is 18.9 Å². The summed E-state index contributed by atoms with van der Waals surface area (Å²) in [6.45, 7) is 0.411. The second-order valence-electron chi connectivity index (χ2n) is 4.06. The lowest BCUT2D eigenvalue weighted by Crippen LogP contribution is -2.40. The molecular weight excluding hydrogens is 364 g/mol. The normalized spacial score (nSPS) is 11.4. The van der Waals surface area contributed by atoms with Crippen LogP contribution in [0, 0.1) is 0 Å². The Kier molecular flexibility index (Phi) is 10.1. The maximum atomic E-state index is 11.8. The predicted octanol–water partition coefficient (Wildman–Crippen LogP) is 2.58. The first kappa shape index (κ1) is 19.6. The van der Waals surface area contributed by atoms with E-state index in [0.717, 1.165) is 21.5 Å². The van der Waals surface area contributed by atoms with Crippen molar-refractivity contribution in [3.63, 3.8) is 0 Å². The van der Waals surface area contributed by atoms with Crippen LogP contribution in [0.4, 0.5) is 0 Å². The first-order valence-electron chi connectivity index (χ1n) is 5.93. The molecule has 0 spiro atoms. The first-order chi connectivity index (χ1) is 9.08. The first-order valence-corrected chi connectivity index (χ1v) is 8.11. The van der Waals surface area contributed by atoms with Gasteiger partial charge in [0.2, 0.25) is 5.91 Å². The van der Waals surface area contributed by atoms with E-state index in [0.29, 0.717) is 13.0 Å². The largest absolute Gasteiger partial charge is 0.496 e. The summed E-state index contributed by atoms with van der Waals surface area (Å²) in [5, 5.41) is 2.84. The third-order valence-corrected chi connectivity index (χ3v) is 3.80. The minimum absolute atomic E-state index is 0. The number of carbonyl (C=O) groups excluding carboxylic acids is 1. The standard InChI is InChI=1S/C13H19BrN2O2S.ClH/c1-18-12-4-3-10(14)7-9(12)8-16-13(17)11(15)5-6-19-2;/h3-4,7,11H,5-6,8,15H2,1-2H3,(H,16,17);1H/t11-;/m0./s1. The van der Waals surface area contributed by atoms with E-state index in [2.05, 4.69) is 21.2 Å². The summed E-state index contributed by atoms with van der Waals surface area (Å²) < 4.78 is 6.20. The smallest absolute Gasteiger partial charge is 0.237 e. The highest BCUT2D eigenvalue weighted by atomic mass is 79.9. The van der Waals surface area contributed by atoms with Crippen LogP contribution in [0.5, 0.6) is 5.75 Å².